The molecule has 132 valence electrons. The minimum atomic E-state index is -0.300. The molecule has 0 aromatic heterocycles. The van der Waals surface area contributed by atoms with Gasteiger partial charge < -0.3 is 25.8 Å². The van der Waals surface area contributed by atoms with Crippen LogP contribution in [0, 0.1) is 22.7 Å². The lowest BCUT2D eigenvalue weighted by atomic mass is 9.91. The van der Waals surface area contributed by atoms with Crippen molar-refractivity contribution in [3.8, 4) is 6.07 Å². The standard InChI is InChI=1S/C16H21N7O2/c1-22(15-11-3-6-19-14(11)20-16(25)21-15)12-9-23(13(24)2-5-17)7-4-10(12)8-18/h3,6,8,10,12,14,18-19H,2,4,7,9H2,1H3,(H2,20,21,25). The molecule has 3 unspecified atom stereocenters. The lowest BCUT2D eigenvalue weighted by Gasteiger charge is -2.44. The molecule has 0 aromatic carbocycles. The molecular formula is C16H21N7O2. The maximum absolute atomic E-state index is 12.1. The Bertz CT molecular complexity index is 693. The largest absolute Gasteiger partial charge is 0.367 e. The third-order valence-corrected chi connectivity index (χ3v) is 4.90. The molecule has 3 aliphatic rings. The molecule has 1 saturated heterocycles. The van der Waals surface area contributed by atoms with E-state index in [1.165, 1.54) is 6.21 Å². The van der Waals surface area contributed by atoms with Gasteiger partial charge in [-0.1, -0.05) is 0 Å². The number of hydrogen-bond acceptors (Lipinski definition) is 6. The summed E-state index contributed by atoms with van der Waals surface area (Å²) >= 11 is 0. The van der Waals surface area contributed by atoms with Gasteiger partial charge in [0, 0.05) is 37.8 Å². The molecule has 4 N–H and O–H groups in total. The Labute approximate surface area is 145 Å². The number of nitriles is 1. The zero-order chi connectivity index (χ0) is 18.0. The van der Waals surface area contributed by atoms with E-state index in [1.807, 2.05) is 24.1 Å². The number of piperidine rings is 1. The maximum atomic E-state index is 12.1. The van der Waals surface area contributed by atoms with Crippen LogP contribution < -0.4 is 16.0 Å². The smallest absolute Gasteiger partial charge is 0.322 e. The van der Waals surface area contributed by atoms with Crippen LogP contribution >= 0.6 is 0 Å². The van der Waals surface area contributed by atoms with Crippen molar-refractivity contribution in [2.45, 2.75) is 25.0 Å². The van der Waals surface area contributed by atoms with Gasteiger partial charge in [-0.05, 0) is 18.7 Å². The van der Waals surface area contributed by atoms with Crippen molar-refractivity contribution < 1.29 is 9.59 Å². The van der Waals surface area contributed by atoms with Gasteiger partial charge in [0.2, 0.25) is 5.91 Å². The summed E-state index contributed by atoms with van der Waals surface area (Å²) in [7, 11) is 1.86. The normalized spacial score (nSPS) is 27.6. The van der Waals surface area contributed by atoms with E-state index in [2.05, 4.69) is 16.0 Å². The minimum absolute atomic E-state index is 0.0344. The van der Waals surface area contributed by atoms with Gasteiger partial charge in [0.1, 0.15) is 18.4 Å². The fourth-order valence-electron chi connectivity index (χ4n) is 3.52. The summed E-state index contributed by atoms with van der Waals surface area (Å²) in [6.07, 6.45) is 5.31. The summed E-state index contributed by atoms with van der Waals surface area (Å²) in [6.45, 7) is 0.952. The van der Waals surface area contributed by atoms with Crippen molar-refractivity contribution in [1.82, 2.24) is 25.8 Å². The number of carbonyl (C=O) groups excluding carboxylic acids is 2. The molecule has 9 heteroatoms. The van der Waals surface area contributed by atoms with Crippen LogP contribution in [0.2, 0.25) is 0 Å². The highest BCUT2D eigenvalue weighted by atomic mass is 16.2. The molecule has 3 atom stereocenters. The number of nitrogens with zero attached hydrogens (tertiary/aromatic N) is 3. The average molecular weight is 343 g/mol. The molecule has 0 aliphatic carbocycles. The summed E-state index contributed by atoms with van der Waals surface area (Å²) in [6, 6.07) is 1.44. The Morgan fingerprint density at radius 3 is 3.12 bits per heavy atom. The predicted octanol–water partition coefficient (Wildman–Crippen LogP) is -0.334. The lowest BCUT2D eigenvalue weighted by Crippen LogP contribution is -2.59. The number of nitrogens with one attached hydrogen (secondary N) is 4. The summed E-state index contributed by atoms with van der Waals surface area (Å²) in [5, 5.41) is 25.2. The van der Waals surface area contributed by atoms with E-state index in [0.29, 0.717) is 25.3 Å². The van der Waals surface area contributed by atoms with E-state index >= 15 is 0 Å². The van der Waals surface area contributed by atoms with E-state index in [9.17, 15) is 9.59 Å². The van der Waals surface area contributed by atoms with Crippen molar-refractivity contribution in [2.75, 3.05) is 20.1 Å². The van der Waals surface area contributed by atoms with Crippen LogP contribution in [0.15, 0.2) is 23.7 Å². The van der Waals surface area contributed by atoms with Crippen LogP contribution in [0.3, 0.4) is 0 Å². The first kappa shape index (κ1) is 16.8. The van der Waals surface area contributed by atoms with E-state index in [4.69, 9.17) is 10.7 Å². The first-order valence-electron chi connectivity index (χ1n) is 8.17. The van der Waals surface area contributed by atoms with Crippen LogP contribution in [0.5, 0.6) is 0 Å². The van der Waals surface area contributed by atoms with Gasteiger partial charge in [0.25, 0.3) is 0 Å². The Kier molecular flexibility index (Phi) is 4.61. The van der Waals surface area contributed by atoms with Crippen LogP contribution in [0.4, 0.5) is 4.79 Å². The quantitative estimate of drug-likeness (QED) is 0.520. The Balaban J connectivity index is 1.85. The van der Waals surface area contributed by atoms with Gasteiger partial charge in [-0.15, -0.1) is 0 Å². The molecule has 9 nitrogen and oxygen atoms in total. The second-order valence-corrected chi connectivity index (χ2v) is 6.31. The van der Waals surface area contributed by atoms with Crippen LogP contribution in [0.1, 0.15) is 12.8 Å². The second-order valence-electron chi connectivity index (χ2n) is 6.31. The van der Waals surface area contributed by atoms with Gasteiger partial charge in [-0.2, -0.15) is 5.26 Å². The first-order chi connectivity index (χ1) is 12.0. The fourth-order valence-corrected chi connectivity index (χ4v) is 3.52. The van der Waals surface area contributed by atoms with Crippen LogP contribution in [-0.4, -0.2) is 60.3 Å². The van der Waals surface area contributed by atoms with Gasteiger partial charge in [0.05, 0.1) is 12.1 Å². The van der Waals surface area contributed by atoms with Crippen molar-refractivity contribution in [2.24, 2.45) is 5.92 Å². The average Bonchev–Trinajstić information content (AvgIpc) is 3.08. The van der Waals surface area contributed by atoms with Crippen LogP contribution in [-0.2, 0) is 4.79 Å². The van der Waals surface area contributed by atoms with Gasteiger partial charge in [0.15, 0.2) is 0 Å². The Hall–Kier alpha value is -3.02. The number of rotatable bonds is 4. The molecule has 0 radical (unpaired) electrons. The molecule has 25 heavy (non-hydrogen) atoms. The number of urea groups is 1. The maximum Gasteiger partial charge on any atom is 0.322 e. The summed E-state index contributed by atoms with van der Waals surface area (Å²) in [5.74, 6) is 0.436. The van der Waals surface area contributed by atoms with Crippen molar-refractivity contribution in [3.05, 3.63) is 23.7 Å². The number of fused-ring (bicyclic) bond motifs is 1. The minimum Gasteiger partial charge on any atom is -0.367 e. The highest BCUT2D eigenvalue weighted by Crippen LogP contribution is 2.26. The molecular weight excluding hydrogens is 322 g/mol. The molecule has 3 amide bonds. The number of carbonyl (C=O) groups is 2. The van der Waals surface area contributed by atoms with Crippen molar-refractivity contribution in [1.29, 1.82) is 10.7 Å². The highest BCUT2D eigenvalue weighted by Gasteiger charge is 2.37. The number of likely N-dealkylation sites (tertiary alicyclic amines) is 1. The summed E-state index contributed by atoms with van der Waals surface area (Å²) in [4.78, 5) is 27.6. The molecule has 0 bridgehead atoms. The van der Waals surface area contributed by atoms with E-state index in [1.54, 1.807) is 11.1 Å². The molecule has 0 spiro atoms. The topological polar surface area (TPSA) is 124 Å². The Morgan fingerprint density at radius 1 is 1.60 bits per heavy atom. The first-order valence-corrected chi connectivity index (χ1v) is 8.17. The van der Waals surface area contributed by atoms with Gasteiger partial charge in [-0.25, -0.2) is 4.79 Å². The summed E-state index contributed by atoms with van der Waals surface area (Å²) in [5.41, 5.74) is 0.909. The van der Waals surface area contributed by atoms with Gasteiger partial charge in [-0.3, -0.25) is 10.1 Å². The highest BCUT2D eigenvalue weighted by molar-refractivity contribution is 5.80. The molecule has 3 rings (SSSR count). The van der Waals surface area contributed by atoms with E-state index < -0.39 is 0 Å². The molecule has 3 aliphatic heterocycles. The molecule has 0 aromatic rings. The zero-order valence-electron chi connectivity index (χ0n) is 14.0. The number of hydrogen-bond donors (Lipinski definition) is 4. The SMILES string of the molecule is CN(C1=C2C=CNC2NC(=O)N1)C1CN(C(=O)CC#N)CCC1C=N. The van der Waals surface area contributed by atoms with E-state index in [0.717, 1.165) is 5.57 Å². The van der Waals surface area contributed by atoms with Gasteiger partial charge >= 0.3 is 6.03 Å². The fraction of sp³-hybridized carbons (Fsp3) is 0.500. The predicted molar refractivity (Wildman–Crippen MR) is 90.0 cm³/mol. The zero-order valence-corrected chi connectivity index (χ0v) is 14.0. The lowest BCUT2D eigenvalue weighted by molar-refractivity contribution is -0.132. The van der Waals surface area contributed by atoms with Crippen molar-refractivity contribution in [3.63, 3.8) is 0 Å². The van der Waals surface area contributed by atoms with Crippen LogP contribution in [0.25, 0.3) is 0 Å². The Morgan fingerprint density at radius 2 is 2.40 bits per heavy atom. The molecule has 3 heterocycles. The molecule has 1 fully saturated rings. The third kappa shape index (κ3) is 3.15. The number of likely N-dealkylation sites (N-methyl/N-ethyl adjacent to an activating group) is 1. The monoisotopic (exact) mass is 343 g/mol. The summed E-state index contributed by atoms with van der Waals surface area (Å²) < 4.78 is 0. The van der Waals surface area contributed by atoms with Crippen molar-refractivity contribution >= 4 is 18.2 Å². The van der Waals surface area contributed by atoms with E-state index in [-0.39, 0.29) is 36.5 Å². The third-order valence-electron chi connectivity index (χ3n) is 4.90. The molecule has 0 saturated carbocycles. The number of amides is 3. The second kappa shape index (κ2) is 6.84.